The lowest BCUT2D eigenvalue weighted by Crippen LogP contribution is -1.99. The normalized spacial score (nSPS) is 10.3. The lowest BCUT2D eigenvalue weighted by Gasteiger charge is -2.06. The summed E-state index contributed by atoms with van der Waals surface area (Å²) in [5, 5.41) is 10.4. The molecule has 0 spiro atoms. The van der Waals surface area contributed by atoms with E-state index in [4.69, 9.17) is 16.7 Å². The minimum absolute atomic E-state index is 0.289. The molecule has 1 aromatic heterocycles. The zero-order valence-electron chi connectivity index (χ0n) is 9.55. The first-order chi connectivity index (χ1) is 8.56. The van der Waals surface area contributed by atoms with E-state index in [0.29, 0.717) is 14.9 Å². The molecule has 2 rings (SSSR count). The number of hydrogen-bond donors (Lipinski definition) is 1. The number of nitrogens with zero attached hydrogens (tertiary/aromatic N) is 1. The van der Waals surface area contributed by atoms with Crippen LogP contribution in [0.3, 0.4) is 0 Å². The topological polar surface area (TPSA) is 50.2 Å². The lowest BCUT2D eigenvalue weighted by atomic mass is 10.1. The Kier molecular flexibility index (Phi) is 3.89. The van der Waals surface area contributed by atoms with Crippen molar-refractivity contribution in [1.82, 2.24) is 4.98 Å². The Morgan fingerprint density at radius 3 is 2.72 bits per heavy atom. The molecule has 5 heteroatoms. The fraction of sp³-hybridized carbons (Fsp3) is 0.0769. The van der Waals surface area contributed by atoms with Gasteiger partial charge in [0.1, 0.15) is 5.03 Å². The molecule has 1 aromatic carbocycles. The summed E-state index contributed by atoms with van der Waals surface area (Å²) in [6, 6.07) is 8.81. The highest BCUT2D eigenvalue weighted by atomic mass is 35.5. The van der Waals surface area contributed by atoms with Crippen LogP contribution >= 0.6 is 23.4 Å². The van der Waals surface area contributed by atoms with Crippen molar-refractivity contribution in [2.75, 3.05) is 0 Å². The van der Waals surface area contributed by atoms with E-state index >= 15 is 0 Å². The molecule has 0 bridgehead atoms. The third kappa shape index (κ3) is 3.03. The molecule has 0 amide bonds. The van der Waals surface area contributed by atoms with Gasteiger partial charge in [0.25, 0.3) is 0 Å². The van der Waals surface area contributed by atoms with Crippen LogP contribution in [0.1, 0.15) is 15.9 Å². The minimum atomic E-state index is -0.935. The van der Waals surface area contributed by atoms with E-state index in [9.17, 15) is 4.79 Å². The van der Waals surface area contributed by atoms with Crippen molar-refractivity contribution in [3.8, 4) is 0 Å². The summed E-state index contributed by atoms with van der Waals surface area (Å²) in [5.41, 5.74) is 1.21. The van der Waals surface area contributed by atoms with Crippen molar-refractivity contribution >= 4 is 29.3 Å². The largest absolute Gasteiger partial charge is 0.478 e. The van der Waals surface area contributed by atoms with Gasteiger partial charge in [-0.1, -0.05) is 35.0 Å². The van der Waals surface area contributed by atoms with Crippen LogP contribution in [0.2, 0.25) is 5.02 Å². The van der Waals surface area contributed by atoms with Crippen molar-refractivity contribution in [3.05, 3.63) is 52.7 Å². The van der Waals surface area contributed by atoms with E-state index < -0.39 is 5.97 Å². The molecule has 2 aromatic rings. The van der Waals surface area contributed by atoms with E-state index in [1.165, 1.54) is 11.8 Å². The van der Waals surface area contributed by atoms with Gasteiger partial charge in [-0.2, -0.15) is 0 Å². The van der Waals surface area contributed by atoms with Crippen LogP contribution < -0.4 is 0 Å². The summed E-state index contributed by atoms with van der Waals surface area (Å²) in [6.07, 6.45) is 1.54. The standard InChI is InChI=1S/C13H10ClNO2S/c1-8-2-4-11(10(6-8)13(16)17)18-12-5-3-9(14)7-15-12/h2-7H,1H3,(H,16,17). The number of halogens is 1. The minimum Gasteiger partial charge on any atom is -0.478 e. The maximum atomic E-state index is 11.2. The van der Waals surface area contributed by atoms with Gasteiger partial charge in [-0.25, -0.2) is 9.78 Å². The van der Waals surface area contributed by atoms with Crippen molar-refractivity contribution in [1.29, 1.82) is 0 Å². The summed E-state index contributed by atoms with van der Waals surface area (Å²) in [5.74, 6) is -0.935. The van der Waals surface area contributed by atoms with Gasteiger partial charge in [0.05, 0.1) is 10.6 Å². The predicted molar refractivity (Wildman–Crippen MR) is 71.5 cm³/mol. The van der Waals surface area contributed by atoms with Crippen LogP contribution in [0.25, 0.3) is 0 Å². The first-order valence-corrected chi connectivity index (χ1v) is 6.39. The van der Waals surface area contributed by atoms with Crippen molar-refractivity contribution in [2.24, 2.45) is 0 Å². The van der Waals surface area contributed by atoms with Crippen LogP contribution in [0.15, 0.2) is 46.5 Å². The van der Waals surface area contributed by atoms with Crippen LogP contribution in [0, 0.1) is 6.92 Å². The van der Waals surface area contributed by atoms with Gasteiger partial charge in [-0.15, -0.1) is 0 Å². The number of pyridine rings is 1. The molecule has 0 fully saturated rings. The highest BCUT2D eigenvalue weighted by molar-refractivity contribution is 7.99. The van der Waals surface area contributed by atoms with Crippen molar-refractivity contribution in [3.63, 3.8) is 0 Å². The number of carboxylic acid groups (broad SMARTS) is 1. The molecule has 92 valence electrons. The molecule has 1 N–H and O–H groups in total. The molecule has 1 heterocycles. The number of aromatic nitrogens is 1. The molecule has 0 aliphatic rings. The average Bonchev–Trinajstić information content (AvgIpc) is 2.34. The number of benzene rings is 1. The fourth-order valence-corrected chi connectivity index (χ4v) is 2.41. The van der Waals surface area contributed by atoms with Gasteiger partial charge in [-0.3, -0.25) is 0 Å². The van der Waals surface area contributed by atoms with E-state index in [0.717, 1.165) is 5.56 Å². The maximum absolute atomic E-state index is 11.2. The van der Waals surface area contributed by atoms with E-state index in [-0.39, 0.29) is 5.56 Å². The lowest BCUT2D eigenvalue weighted by molar-refractivity contribution is 0.0693. The Morgan fingerprint density at radius 1 is 1.33 bits per heavy atom. The zero-order valence-corrected chi connectivity index (χ0v) is 11.1. The predicted octanol–water partition coefficient (Wildman–Crippen LogP) is 3.89. The molecular formula is C13H10ClNO2S. The van der Waals surface area contributed by atoms with Gasteiger partial charge in [0.2, 0.25) is 0 Å². The maximum Gasteiger partial charge on any atom is 0.336 e. The van der Waals surface area contributed by atoms with Gasteiger partial charge in [0.15, 0.2) is 0 Å². The quantitative estimate of drug-likeness (QED) is 0.926. The summed E-state index contributed by atoms with van der Waals surface area (Å²) in [6.45, 7) is 1.86. The summed E-state index contributed by atoms with van der Waals surface area (Å²) >= 11 is 7.06. The SMILES string of the molecule is Cc1ccc(Sc2ccc(Cl)cn2)c(C(=O)O)c1. The highest BCUT2D eigenvalue weighted by Crippen LogP contribution is 2.30. The second-order valence-electron chi connectivity index (χ2n) is 3.72. The molecule has 0 saturated heterocycles. The van der Waals surface area contributed by atoms with Crippen LogP contribution in [0.5, 0.6) is 0 Å². The molecule has 0 radical (unpaired) electrons. The molecule has 0 saturated carbocycles. The Bertz CT molecular complexity index is 584. The van der Waals surface area contributed by atoms with Gasteiger partial charge in [0, 0.05) is 11.1 Å². The molecule has 3 nitrogen and oxygen atoms in total. The fourth-order valence-electron chi connectivity index (χ4n) is 1.44. The Morgan fingerprint density at radius 2 is 2.11 bits per heavy atom. The molecule has 0 aliphatic heterocycles. The van der Waals surface area contributed by atoms with E-state index in [1.807, 2.05) is 13.0 Å². The smallest absolute Gasteiger partial charge is 0.336 e. The number of carboxylic acids is 1. The number of hydrogen-bond acceptors (Lipinski definition) is 3. The Hall–Kier alpha value is -1.52. The molecule has 0 atom stereocenters. The van der Waals surface area contributed by atoms with Crippen LogP contribution in [-0.4, -0.2) is 16.1 Å². The number of aryl methyl sites for hydroxylation is 1. The van der Waals surface area contributed by atoms with Gasteiger partial charge in [-0.05, 0) is 31.2 Å². The van der Waals surface area contributed by atoms with Crippen LogP contribution in [-0.2, 0) is 0 Å². The van der Waals surface area contributed by atoms with E-state index in [2.05, 4.69) is 4.98 Å². The number of aromatic carboxylic acids is 1. The monoisotopic (exact) mass is 279 g/mol. The highest BCUT2D eigenvalue weighted by Gasteiger charge is 2.11. The Labute approximate surface area is 114 Å². The summed E-state index contributed by atoms with van der Waals surface area (Å²) in [4.78, 5) is 16.0. The summed E-state index contributed by atoms with van der Waals surface area (Å²) in [7, 11) is 0. The van der Waals surface area contributed by atoms with E-state index in [1.54, 1.807) is 30.5 Å². The van der Waals surface area contributed by atoms with Crippen LogP contribution in [0.4, 0.5) is 0 Å². The van der Waals surface area contributed by atoms with Crippen molar-refractivity contribution < 1.29 is 9.90 Å². The third-order valence-corrected chi connectivity index (χ3v) is 3.53. The first kappa shape index (κ1) is 12.9. The number of rotatable bonds is 3. The molecule has 0 aliphatic carbocycles. The molecule has 18 heavy (non-hydrogen) atoms. The number of carbonyl (C=O) groups is 1. The second-order valence-corrected chi connectivity index (χ2v) is 5.22. The zero-order chi connectivity index (χ0) is 13.1. The summed E-state index contributed by atoms with van der Waals surface area (Å²) < 4.78 is 0. The molecular weight excluding hydrogens is 270 g/mol. The third-order valence-electron chi connectivity index (χ3n) is 2.28. The second kappa shape index (κ2) is 5.42. The average molecular weight is 280 g/mol. The first-order valence-electron chi connectivity index (χ1n) is 5.19. The van der Waals surface area contributed by atoms with Gasteiger partial charge >= 0.3 is 5.97 Å². The molecule has 0 unspecified atom stereocenters. The van der Waals surface area contributed by atoms with Crippen molar-refractivity contribution in [2.45, 2.75) is 16.8 Å². The van der Waals surface area contributed by atoms with Gasteiger partial charge < -0.3 is 5.11 Å². The Balaban J connectivity index is 2.34.